The quantitative estimate of drug-likeness (QED) is 0.0195. The SMILES string of the molecule is CCC(C)(C)C(=O)C(=O)N1CCCC[C@H]1C(=O)O[C@H](CCc1ccc(OC)c(OC)c1)c1cccc(OCC(=O)NCCCOCCOCCOCCCN(C(=O)CCl)C(C(=O)NCc2ccccc2)c2ccc(Cl)c(Cl)c2)c1. The Balaban J connectivity index is 1.02. The van der Waals surface area contributed by atoms with Crippen molar-refractivity contribution in [3.63, 3.8) is 0 Å². The lowest BCUT2D eigenvalue weighted by molar-refractivity contribution is -0.164. The molecule has 0 aromatic heterocycles. The van der Waals surface area contributed by atoms with Crippen molar-refractivity contribution in [1.82, 2.24) is 20.4 Å². The van der Waals surface area contributed by atoms with Crippen LogP contribution < -0.4 is 24.8 Å². The first-order valence-corrected chi connectivity index (χ1v) is 28.0. The number of benzene rings is 4. The predicted octanol–water partition coefficient (Wildman–Crippen LogP) is 9.06. The van der Waals surface area contributed by atoms with Crippen molar-refractivity contribution in [3.8, 4) is 17.2 Å². The number of carbonyl (C=O) groups excluding carboxylic acids is 6. The van der Waals surface area contributed by atoms with Gasteiger partial charge in [-0.1, -0.05) is 98.6 Å². The largest absolute Gasteiger partial charge is 0.493 e. The van der Waals surface area contributed by atoms with Gasteiger partial charge >= 0.3 is 5.97 Å². The van der Waals surface area contributed by atoms with E-state index in [2.05, 4.69) is 10.6 Å². The highest BCUT2D eigenvalue weighted by atomic mass is 35.5. The van der Waals surface area contributed by atoms with E-state index in [1.807, 2.05) is 61.5 Å². The number of amides is 4. The van der Waals surface area contributed by atoms with Gasteiger partial charge in [-0.05, 0) is 110 Å². The van der Waals surface area contributed by atoms with Crippen LogP contribution in [0.1, 0.15) is 100 Å². The number of likely N-dealkylation sites (tertiary alicyclic amines) is 1. The minimum atomic E-state index is -1.01. The summed E-state index contributed by atoms with van der Waals surface area (Å²) in [4.78, 5) is 83.3. The van der Waals surface area contributed by atoms with Gasteiger partial charge in [0.2, 0.25) is 17.6 Å². The van der Waals surface area contributed by atoms with Crippen molar-refractivity contribution in [2.24, 2.45) is 5.41 Å². The molecule has 0 aliphatic carbocycles. The number of ketones is 1. The summed E-state index contributed by atoms with van der Waals surface area (Å²) in [6.45, 7) is 8.11. The summed E-state index contributed by atoms with van der Waals surface area (Å²) < 4.78 is 40.1. The summed E-state index contributed by atoms with van der Waals surface area (Å²) in [5.41, 5.74) is 2.07. The second-order valence-corrected chi connectivity index (χ2v) is 20.6. The van der Waals surface area contributed by atoms with Crippen LogP contribution >= 0.6 is 34.8 Å². The molecule has 3 atom stereocenters. The Bertz CT molecular complexity index is 2610. The third-order valence-electron chi connectivity index (χ3n) is 13.5. The number of halogens is 3. The number of nitrogens with zero attached hydrogens (tertiary/aromatic N) is 2. The number of carbonyl (C=O) groups is 6. The highest BCUT2D eigenvalue weighted by molar-refractivity contribution is 6.42. The van der Waals surface area contributed by atoms with E-state index in [0.29, 0.717) is 131 Å². The van der Waals surface area contributed by atoms with Crippen molar-refractivity contribution < 1.29 is 61.9 Å². The summed E-state index contributed by atoms with van der Waals surface area (Å²) >= 11 is 18.5. The second kappa shape index (κ2) is 33.6. The topological polar surface area (TPSA) is 198 Å². The molecule has 20 heteroatoms. The molecule has 430 valence electrons. The van der Waals surface area contributed by atoms with Gasteiger partial charge in [0.05, 0.1) is 50.7 Å². The van der Waals surface area contributed by atoms with Crippen LogP contribution in [0.3, 0.4) is 0 Å². The molecule has 1 saturated heterocycles. The van der Waals surface area contributed by atoms with Crippen LogP contribution in [0.15, 0.2) is 91.0 Å². The number of alkyl halides is 1. The van der Waals surface area contributed by atoms with Gasteiger partial charge < -0.3 is 53.6 Å². The number of Topliss-reactive ketones (excluding diaryl/α,β-unsaturated/α-hetero) is 1. The minimum Gasteiger partial charge on any atom is -0.493 e. The Kier molecular flexibility index (Phi) is 27.2. The summed E-state index contributed by atoms with van der Waals surface area (Å²) in [5.74, 6) is -1.73. The summed E-state index contributed by atoms with van der Waals surface area (Å²) in [5, 5.41) is 6.34. The highest BCUT2D eigenvalue weighted by Crippen LogP contribution is 2.34. The van der Waals surface area contributed by atoms with Gasteiger partial charge in [0.15, 0.2) is 18.1 Å². The third-order valence-corrected chi connectivity index (χ3v) is 14.5. The van der Waals surface area contributed by atoms with E-state index in [0.717, 1.165) is 11.1 Å². The summed E-state index contributed by atoms with van der Waals surface area (Å²) in [6.07, 6.45) is 3.29. The van der Waals surface area contributed by atoms with Crippen molar-refractivity contribution in [2.45, 2.75) is 96.9 Å². The number of rotatable bonds is 34. The molecule has 4 aromatic carbocycles. The molecule has 0 spiro atoms. The fourth-order valence-corrected chi connectivity index (χ4v) is 9.10. The highest BCUT2D eigenvalue weighted by Gasteiger charge is 2.41. The average Bonchev–Trinajstić information content (AvgIpc) is 3.47. The monoisotopic (exact) mass is 1150 g/mol. The first-order valence-electron chi connectivity index (χ1n) is 26.7. The van der Waals surface area contributed by atoms with E-state index >= 15 is 0 Å². The predicted molar refractivity (Wildman–Crippen MR) is 302 cm³/mol. The van der Waals surface area contributed by atoms with Gasteiger partial charge in [-0.3, -0.25) is 24.0 Å². The molecule has 0 saturated carbocycles. The molecule has 0 bridgehead atoms. The molecule has 5 rings (SSSR count). The summed E-state index contributed by atoms with van der Waals surface area (Å²) in [6, 6.07) is 24.9. The molecule has 1 aliphatic rings. The fraction of sp³-hybridized carbons (Fsp3) is 0.492. The van der Waals surface area contributed by atoms with E-state index in [9.17, 15) is 28.8 Å². The number of methoxy groups -OCH3 is 2. The maximum atomic E-state index is 14.1. The Morgan fingerprint density at radius 2 is 1.46 bits per heavy atom. The van der Waals surface area contributed by atoms with Crippen molar-refractivity contribution in [2.75, 3.05) is 86.0 Å². The number of nitrogens with one attached hydrogen (secondary N) is 2. The van der Waals surface area contributed by atoms with Crippen LogP contribution in [0.4, 0.5) is 0 Å². The summed E-state index contributed by atoms with van der Waals surface area (Å²) in [7, 11) is 3.12. The molecule has 1 aliphatic heterocycles. The normalized spacial score (nSPS) is 14.1. The van der Waals surface area contributed by atoms with Gasteiger partial charge in [0, 0.05) is 44.8 Å². The Hall–Kier alpha value is -5.95. The van der Waals surface area contributed by atoms with E-state index in [-0.39, 0.29) is 43.1 Å². The molecule has 0 radical (unpaired) electrons. The van der Waals surface area contributed by atoms with E-state index in [4.69, 9.17) is 68.0 Å². The van der Waals surface area contributed by atoms with E-state index in [1.54, 1.807) is 64.5 Å². The smallest absolute Gasteiger partial charge is 0.329 e. The minimum absolute atomic E-state index is 0.187. The van der Waals surface area contributed by atoms with E-state index in [1.165, 1.54) is 9.80 Å². The van der Waals surface area contributed by atoms with Crippen LogP contribution in [0.5, 0.6) is 17.2 Å². The average molecular weight is 1150 g/mol. The number of hydrogen-bond donors (Lipinski definition) is 2. The Morgan fingerprint density at radius 1 is 0.747 bits per heavy atom. The molecule has 1 unspecified atom stereocenters. The lowest BCUT2D eigenvalue weighted by atomic mass is 9.84. The standard InChI is InChI=1S/C59H75Cl3N4O13/c1-6-59(2,3)55(69)57(71)65-27-11-10-19-48(65)58(72)79-49(24-20-41-21-25-50(73-4)51(35-41)74-5)43-17-12-18-45(36-43)78-40-52(67)63-26-13-29-75-31-33-77-34-32-76-30-14-28-66(53(68)38-60)54(44-22-23-46(61)47(62)37-44)56(70)64-39-42-15-8-7-9-16-42/h7-9,12,15-18,21-23,25,35-37,48-49,54H,6,10-11,13-14,19-20,24,26-34,38-40H2,1-5H3,(H,63,67)(H,64,70)/t48-,49+,54?/m0/s1. The molecule has 4 amide bonds. The second-order valence-electron chi connectivity index (χ2n) is 19.5. The Morgan fingerprint density at radius 3 is 2.14 bits per heavy atom. The van der Waals surface area contributed by atoms with Gasteiger partial charge in [-0.15, -0.1) is 11.6 Å². The number of piperidine rings is 1. The molecule has 17 nitrogen and oxygen atoms in total. The van der Waals surface area contributed by atoms with Crippen molar-refractivity contribution in [3.05, 3.63) is 123 Å². The lowest BCUT2D eigenvalue weighted by Gasteiger charge is -2.36. The Labute approximate surface area is 479 Å². The van der Waals surface area contributed by atoms with Gasteiger partial charge in [0.1, 0.15) is 29.8 Å². The van der Waals surface area contributed by atoms with Gasteiger partial charge in [-0.25, -0.2) is 4.79 Å². The third kappa shape index (κ3) is 20.3. The lowest BCUT2D eigenvalue weighted by Crippen LogP contribution is -2.53. The number of esters is 1. The number of aryl methyl sites for hydroxylation is 1. The zero-order valence-electron chi connectivity index (χ0n) is 45.9. The number of ether oxygens (including phenoxy) is 7. The van der Waals surface area contributed by atoms with Crippen molar-refractivity contribution in [1.29, 1.82) is 0 Å². The van der Waals surface area contributed by atoms with Crippen molar-refractivity contribution >= 4 is 70.2 Å². The first-order chi connectivity index (χ1) is 38.1. The molecular formula is C59H75Cl3N4O13. The first kappa shape index (κ1) is 63.9. The van der Waals surface area contributed by atoms with Crippen LogP contribution in [-0.4, -0.2) is 137 Å². The van der Waals surface area contributed by atoms with Gasteiger partial charge in [-0.2, -0.15) is 0 Å². The van der Waals surface area contributed by atoms with Crippen LogP contribution in [0.2, 0.25) is 10.0 Å². The van der Waals surface area contributed by atoms with Gasteiger partial charge in [0.25, 0.3) is 11.8 Å². The molecular weight excluding hydrogens is 1080 g/mol. The zero-order chi connectivity index (χ0) is 57.2. The maximum absolute atomic E-state index is 14.1. The molecule has 79 heavy (non-hydrogen) atoms. The molecule has 1 heterocycles. The van der Waals surface area contributed by atoms with Crippen LogP contribution in [-0.2, 0) is 60.7 Å². The molecule has 4 aromatic rings. The zero-order valence-corrected chi connectivity index (χ0v) is 48.1. The van der Waals surface area contributed by atoms with Crippen LogP contribution in [0.25, 0.3) is 0 Å². The van der Waals surface area contributed by atoms with E-state index < -0.39 is 53.1 Å². The maximum Gasteiger partial charge on any atom is 0.329 e. The fourth-order valence-electron chi connectivity index (χ4n) is 8.64. The molecule has 2 N–H and O–H groups in total. The van der Waals surface area contributed by atoms with Crippen LogP contribution in [0, 0.1) is 5.41 Å². The number of hydrogen-bond acceptors (Lipinski definition) is 13. The molecule has 1 fully saturated rings.